The van der Waals surface area contributed by atoms with E-state index in [9.17, 15) is 0 Å². The Morgan fingerprint density at radius 1 is 1.19 bits per heavy atom. The first-order chi connectivity index (χ1) is 10.3. The van der Waals surface area contributed by atoms with Gasteiger partial charge >= 0.3 is 0 Å². The van der Waals surface area contributed by atoms with E-state index in [1.54, 1.807) is 6.20 Å². The van der Waals surface area contributed by atoms with Crippen molar-refractivity contribution in [2.45, 2.75) is 20.4 Å². The number of hydrogen-bond acceptors (Lipinski definition) is 8. The lowest BCUT2D eigenvalue weighted by Crippen LogP contribution is -2.26. The summed E-state index contributed by atoms with van der Waals surface area (Å²) in [6.45, 7) is 7.12. The van der Waals surface area contributed by atoms with Crippen molar-refractivity contribution in [1.29, 1.82) is 0 Å². The lowest BCUT2D eigenvalue weighted by Gasteiger charge is -2.19. The van der Waals surface area contributed by atoms with Crippen LogP contribution >= 0.6 is 0 Å². The Bertz CT molecular complexity index is 536. The molecule has 21 heavy (non-hydrogen) atoms. The van der Waals surface area contributed by atoms with Crippen LogP contribution in [0.2, 0.25) is 0 Å². The fourth-order valence-electron chi connectivity index (χ4n) is 1.87. The third-order valence-corrected chi connectivity index (χ3v) is 2.98. The second kappa shape index (κ2) is 7.39. The highest BCUT2D eigenvalue weighted by atomic mass is 15.4. The molecule has 0 saturated heterocycles. The summed E-state index contributed by atoms with van der Waals surface area (Å²) >= 11 is 0. The summed E-state index contributed by atoms with van der Waals surface area (Å²) in [6.07, 6.45) is 3.65. The van der Waals surface area contributed by atoms with Crippen molar-refractivity contribution in [2.24, 2.45) is 5.84 Å². The average molecular weight is 291 g/mol. The lowest BCUT2D eigenvalue weighted by molar-refractivity contribution is 0.635. The normalized spacial score (nSPS) is 10.4. The zero-order valence-corrected chi connectivity index (χ0v) is 12.3. The van der Waals surface area contributed by atoms with Crippen molar-refractivity contribution in [1.82, 2.24) is 24.7 Å². The van der Waals surface area contributed by atoms with Crippen LogP contribution < -0.4 is 21.5 Å². The van der Waals surface area contributed by atoms with Gasteiger partial charge in [-0.2, -0.15) is 20.1 Å². The summed E-state index contributed by atoms with van der Waals surface area (Å²) in [5.41, 5.74) is 2.47. The van der Waals surface area contributed by atoms with Crippen molar-refractivity contribution < 1.29 is 0 Å². The average Bonchev–Trinajstić information content (AvgIpc) is 3.01. The highest BCUT2D eigenvalue weighted by Gasteiger charge is 2.10. The van der Waals surface area contributed by atoms with E-state index in [-0.39, 0.29) is 0 Å². The Hall–Kier alpha value is -2.42. The van der Waals surface area contributed by atoms with Crippen molar-refractivity contribution in [3.8, 4) is 0 Å². The van der Waals surface area contributed by atoms with Gasteiger partial charge < -0.3 is 10.2 Å². The molecule has 0 aliphatic heterocycles. The Morgan fingerprint density at radius 2 is 1.95 bits per heavy atom. The van der Waals surface area contributed by atoms with Gasteiger partial charge in [0.1, 0.15) is 0 Å². The van der Waals surface area contributed by atoms with E-state index < -0.39 is 0 Å². The minimum Gasteiger partial charge on any atom is -0.352 e. The van der Waals surface area contributed by atoms with Gasteiger partial charge in [0.05, 0.1) is 6.54 Å². The van der Waals surface area contributed by atoms with Crippen molar-refractivity contribution >= 4 is 17.8 Å². The van der Waals surface area contributed by atoms with Gasteiger partial charge in [0.15, 0.2) is 0 Å². The minimum atomic E-state index is 0.341. The lowest BCUT2D eigenvalue weighted by atomic mass is 10.5. The third-order valence-electron chi connectivity index (χ3n) is 2.98. The Morgan fingerprint density at radius 3 is 2.57 bits per heavy atom. The highest BCUT2D eigenvalue weighted by Crippen LogP contribution is 2.12. The number of nitrogens with two attached hydrogens (primary N) is 1. The molecule has 4 N–H and O–H groups in total. The molecule has 2 rings (SSSR count). The second-order valence-corrected chi connectivity index (χ2v) is 4.30. The summed E-state index contributed by atoms with van der Waals surface area (Å²) in [7, 11) is 0. The van der Waals surface area contributed by atoms with E-state index in [0.717, 1.165) is 19.6 Å². The van der Waals surface area contributed by atoms with Crippen LogP contribution in [-0.4, -0.2) is 44.4 Å². The number of aromatic nitrogens is 5. The summed E-state index contributed by atoms with van der Waals surface area (Å²) < 4.78 is 1.83. The summed E-state index contributed by atoms with van der Waals surface area (Å²) in [5.74, 6) is 6.85. The summed E-state index contributed by atoms with van der Waals surface area (Å²) in [4.78, 5) is 14.9. The molecule has 0 unspecified atom stereocenters. The van der Waals surface area contributed by atoms with E-state index in [0.29, 0.717) is 24.4 Å². The van der Waals surface area contributed by atoms with E-state index in [4.69, 9.17) is 5.84 Å². The molecule has 0 aliphatic carbocycles. The van der Waals surface area contributed by atoms with Crippen LogP contribution in [0.5, 0.6) is 0 Å². The maximum absolute atomic E-state index is 5.41. The Balaban J connectivity index is 2.05. The van der Waals surface area contributed by atoms with Crippen LogP contribution in [0.3, 0.4) is 0 Å². The van der Waals surface area contributed by atoms with Gasteiger partial charge in [-0.15, -0.1) is 0 Å². The quantitative estimate of drug-likeness (QED) is 0.471. The molecule has 0 fully saturated rings. The maximum Gasteiger partial charge on any atom is 0.243 e. The third kappa shape index (κ3) is 4.02. The number of nitrogens with zero attached hydrogens (tertiary/aromatic N) is 6. The number of hydrogen-bond donors (Lipinski definition) is 3. The van der Waals surface area contributed by atoms with Gasteiger partial charge in [-0.3, -0.25) is 10.1 Å². The van der Waals surface area contributed by atoms with Crippen LogP contribution in [0.4, 0.5) is 17.8 Å². The molecule has 0 spiro atoms. The first-order valence-corrected chi connectivity index (χ1v) is 6.95. The molecule has 2 heterocycles. The predicted molar refractivity (Wildman–Crippen MR) is 81.9 cm³/mol. The SMILES string of the molecule is CCN(CC)c1nc(NN)nc(NCCn2cccn2)n1. The molecule has 0 atom stereocenters. The minimum absolute atomic E-state index is 0.341. The first kappa shape index (κ1) is 15.0. The highest BCUT2D eigenvalue weighted by molar-refractivity contribution is 5.43. The molecule has 0 bridgehead atoms. The Labute approximate surface area is 123 Å². The molecule has 0 saturated carbocycles. The molecule has 2 aromatic heterocycles. The van der Waals surface area contributed by atoms with E-state index >= 15 is 0 Å². The molecule has 9 nitrogen and oxygen atoms in total. The second-order valence-electron chi connectivity index (χ2n) is 4.30. The predicted octanol–water partition coefficient (Wildman–Crippen LogP) is 0.312. The Kier molecular flexibility index (Phi) is 5.27. The van der Waals surface area contributed by atoms with Gasteiger partial charge in [-0.25, -0.2) is 5.84 Å². The molecule has 0 amide bonds. The van der Waals surface area contributed by atoms with Gasteiger partial charge in [0.25, 0.3) is 0 Å². The van der Waals surface area contributed by atoms with Gasteiger partial charge in [-0.05, 0) is 19.9 Å². The summed E-state index contributed by atoms with van der Waals surface area (Å²) in [6, 6.07) is 1.89. The number of nitrogen functional groups attached to an aromatic ring is 1. The van der Waals surface area contributed by atoms with E-state index in [1.807, 2.05) is 35.7 Å². The van der Waals surface area contributed by atoms with Crippen LogP contribution in [0, 0.1) is 0 Å². The summed E-state index contributed by atoms with van der Waals surface area (Å²) in [5, 5.41) is 7.29. The van der Waals surface area contributed by atoms with Gasteiger partial charge in [0.2, 0.25) is 17.8 Å². The van der Waals surface area contributed by atoms with E-state index in [1.165, 1.54) is 0 Å². The monoisotopic (exact) mass is 291 g/mol. The van der Waals surface area contributed by atoms with Crippen molar-refractivity contribution in [3.63, 3.8) is 0 Å². The molecule has 0 radical (unpaired) electrons. The van der Waals surface area contributed by atoms with Crippen LogP contribution in [0.1, 0.15) is 13.8 Å². The molecular weight excluding hydrogens is 270 g/mol. The van der Waals surface area contributed by atoms with Gasteiger partial charge in [0, 0.05) is 32.0 Å². The maximum atomic E-state index is 5.41. The van der Waals surface area contributed by atoms with E-state index in [2.05, 4.69) is 30.8 Å². The van der Waals surface area contributed by atoms with Crippen LogP contribution in [-0.2, 0) is 6.54 Å². The smallest absolute Gasteiger partial charge is 0.243 e. The molecule has 0 aliphatic rings. The molecular formula is C12H21N9. The van der Waals surface area contributed by atoms with Crippen LogP contribution in [0.25, 0.3) is 0 Å². The fourth-order valence-corrected chi connectivity index (χ4v) is 1.87. The number of hydrazine groups is 1. The fraction of sp³-hybridized carbons (Fsp3) is 0.500. The van der Waals surface area contributed by atoms with Crippen molar-refractivity contribution in [3.05, 3.63) is 18.5 Å². The molecule has 9 heteroatoms. The number of rotatable bonds is 8. The topological polar surface area (TPSA) is 110 Å². The zero-order chi connectivity index (χ0) is 15.1. The molecule has 2 aromatic rings. The first-order valence-electron chi connectivity index (χ1n) is 6.95. The number of anilines is 3. The largest absolute Gasteiger partial charge is 0.352 e. The zero-order valence-electron chi connectivity index (χ0n) is 12.3. The molecule has 114 valence electrons. The number of nitrogens with one attached hydrogen (secondary N) is 2. The van der Waals surface area contributed by atoms with Gasteiger partial charge in [-0.1, -0.05) is 0 Å². The van der Waals surface area contributed by atoms with Crippen molar-refractivity contribution in [2.75, 3.05) is 35.3 Å². The van der Waals surface area contributed by atoms with Crippen LogP contribution in [0.15, 0.2) is 18.5 Å². The molecule has 0 aromatic carbocycles. The standard InChI is InChI=1S/C12H21N9/c1-3-20(4-2)12-17-10(16-11(18-12)19-13)14-7-9-21-8-5-6-15-21/h5-6,8H,3-4,7,9,13H2,1-2H3,(H2,14,16,17,18,19).